The maximum Gasteiger partial charge on any atom is 0.215 e. The van der Waals surface area contributed by atoms with Crippen LogP contribution >= 0.6 is 0 Å². The van der Waals surface area contributed by atoms with Crippen molar-refractivity contribution in [2.45, 2.75) is 138 Å². The second kappa shape index (κ2) is 19.4. The van der Waals surface area contributed by atoms with Crippen LogP contribution in [0, 0.1) is 0 Å². The summed E-state index contributed by atoms with van der Waals surface area (Å²) >= 11 is 0. The zero-order chi connectivity index (χ0) is 37.1. The smallest absolute Gasteiger partial charge is 0.215 e. The van der Waals surface area contributed by atoms with E-state index in [0.29, 0.717) is 25.5 Å². The predicted molar refractivity (Wildman–Crippen MR) is 161 cm³/mol. The number of carbonyl (C=O) groups is 6. The van der Waals surface area contributed by atoms with Crippen molar-refractivity contribution in [2.75, 3.05) is 7.11 Å². The summed E-state index contributed by atoms with van der Waals surface area (Å²) in [5.74, 6) is 0. The third kappa shape index (κ3) is 9.55. The number of ether oxygens (including phenoxy) is 8. The molecule has 3 aliphatic heterocycles. The Balaban J connectivity index is 1.92. The van der Waals surface area contributed by atoms with Crippen LogP contribution < -0.4 is 21.3 Å². The molecule has 3 fully saturated rings. The van der Waals surface area contributed by atoms with Crippen molar-refractivity contribution in [1.82, 2.24) is 21.3 Å². The van der Waals surface area contributed by atoms with Crippen molar-refractivity contribution < 1.29 is 82.0 Å². The topological polar surface area (TPSA) is 285 Å². The van der Waals surface area contributed by atoms with E-state index in [1.807, 2.05) is 0 Å². The van der Waals surface area contributed by atoms with Crippen molar-refractivity contribution in [2.24, 2.45) is 0 Å². The highest BCUT2D eigenvalue weighted by atomic mass is 16.8. The number of rotatable bonds is 20. The Kier molecular flexibility index (Phi) is 16.0. The molecule has 284 valence electrons. The summed E-state index contributed by atoms with van der Waals surface area (Å²) in [4.78, 5) is 68.5. The van der Waals surface area contributed by atoms with E-state index in [1.54, 1.807) is 6.92 Å². The number of amides is 4. The van der Waals surface area contributed by atoms with Gasteiger partial charge in [0, 0.05) is 7.11 Å². The molecule has 0 aliphatic carbocycles. The maximum atomic E-state index is 12.0. The first-order valence-corrected chi connectivity index (χ1v) is 15.8. The number of hydrogen-bond acceptors (Lipinski definition) is 17. The number of aliphatic hydroxyl groups excluding tert-OH is 3. The van der Waals surface area contributed by atoms with Gasteiger partial charge in [-0.05, 0) is 27.7 Å². The van der Waals surface area contributed by atoms with Gasteiger partial charge in [0.1, 0.15) is 49.0 Å². The first kappa shape index (κ1) is 41.2. The molecule has 0 bridgehead atoms. The van der Waals surface area contributed by atoms with Gasteiger partial charge in [-0.25, -0.2) is 0 Å². The van der Waals surface area contributed by atoms with E-state index in [0.717, 1.165) is 0 Å². The molecule has 21 heteroatoms. The van der Waals surface area contributed by atoms with E-state index < -0.39 is 110 Å². The second-order valence-corrected chi connectivity index (χ2v) is 11.9. The molecule has 7 N–H and O–H groups in total. The molecule has 3 aliphatic rings. The number of carbonyl (C=O) groups excluding carboxylic acids is 6. The van der Waals surface area contributed by atoms with Gasteiger partial charge in [-0.1, -0.05) is 0 Å². The fraction of sp³-hybridized carbons (Fsp3) is 0.793. The third-order valence-electron chi connectivity index (χ3n) is 8.74. The molecule has 50 heavy (non-hydrogen) atoms. The van der Waals surface area contributed by atoms with Crippen molar-refractivity contribution in [3.63, 3.8) is 0 Å². The van der Waals surface area contributed by atoms with Gasteiger partial charge in [0.15, 0.2) is 25.2 Å². The lowest BCUT2D eigenvalue weighted by molar-refractivity contribution is -0.367. The Labute approximate surface area is 286 Å². The molecule has 0 spiro atoms. The van der Waals surface area contributed by atoms with Crippen LogP contribution in [0.25, 0.3) is 0 Å². The fourth-order valence-corrected chi connectivity index (χ4v) is 6.07. The normalized spacial score (nSPS) is 40.6. The predicted octanol–water partition coefficient (Wildman–Crippen LogP) is -5.31. The van der Waals surface area contributed by atoms with Gasteiger partial charge in [-0.2, -0.15) is 0 Å². The van der Waals surface area contributed by atoms with E-state index in [9.17, 15) is 44.1 Å². The van der Waals surface area contributed by atoms with Gasteiger partial charge in [0.05, 0.1) is 42.5 Å². The molecule has 3 heterocycles. The van der Waals surface area contributed by atoms with Gasteiger partial charge in [0.25, 0.3) is 0 Å². The molecule has 18 atom stereocenters. The Bertz CT molecular complexity index is 1130. The monoisotopic (exact) mass is 722 g/mol. The average molecular weight is 723 g/mol. The van der Waals surface area contributed by atoms with Crippen LogP contribution in [0.15, 0.2) is 0 Å². The van der Waals surface area contributed by atoms with Gasteiger partial charge >= 0.3 is 0 Å². The molecule has 0 aromatic heterocycles. The van der Waals surface area contributed by atoms with E-state index in [1.165, 1.54) is 27.9 Å². The van der Waals surface area contributed by atoms with Crippen LogP contribution in [0.1, 0.15) is 27.7 Å². The lowest BCUT2D eigenvalue weighted by Gasteiger charge is -2.49. The molecule has 0 aromatic rings. The Morgan fingerprint density at radius 2 is 1.12 bits per heavy atom. The molecular formula is C29H46N4O17. The molecule has 21 nitrogen and oxygen atoms in total. The average Bonchev–Trinajstić information content (AvgIpc) is 3.09. The molecule has 0 radical (unpaired) electrons. The minimum atomic E-state index is -1.78. The zero-order valence-corrected chi connectivity index (χ0v) is 27.9. The minimum Gasteiger partial charge on any atom is -0.388 e. The van der Waals surface area contributed by atoms with Crippen molar-refractivity contribution in [3.8, 4) is 0 Å². The van der Waals surface area contributed by atoms with Gasteiger partial charge in [-0.3, -0.25) is 24.0 Å². The van der Waals surface area contributed by atoms with Gasteiger partial charge in [0.2, 0.25) is 31.9 Å². The Morgan fingerprint density at radius 1 is 0.620 bits per heavy atom. The van der Waals surface area contributed by atoms with Crippen LogP contribution in [0.5, 0.6) is 0 Å². The van der Waals surface area contributed by atoms with Crippen LogP contribution in [-0.2, 0) is 66.7 Å². The Morgan fingerprint density at radius 3 is 1.64 bits per heavy atom. The van der Waals surface area contributed by atoms with E-state index in [-0.39, 0.29) is 12.7 Å². The SMILES string of the molecule is CO[C@H]1OC(C)[C@@H](NC=O)C(O)C1O[C@H]1OC(C)[C@@H](NC=O)[C@H](O[C@H]2OC(C)[C@@H](NC=O)C(O)C2O[C@H](C=O)OC(C)[C@H](C=O)NC=O)C1O. The highest BCUT2D eigenvalue weighted by Crippen LogP contribution is 2.33. The molecular weight excluding hydrogens is 676 g/mol. The van der Waals surface area contributed by atoms with Crippen molar-refractivity contribution >= 4 is 38.2 Å². The summed E-state index contributed by atoms with van der Waals surface area (Å²) in [5, 5.41) is 43.6. The van der Waals surface area contributed by atoms with Gasteiger partial charge in [-0.15, -0.1) is 0 Å². The lowest BCUT2D eigenvalue weighted by Crippen LogP contribution is -2.69. The molecule has 4 amide bonds. The first-order chi connectivity index (χ1) is 23.9. The zero-order valence-electron chi connectivity index (χ0n) is 27.9. The number of hydrogen-bond donors (Lipinski definition) is 7. The summed E-state index contributed by atoms with van der Waals surface area (Å²) < 4.78 is 46.3. The van der Waals surface area contributed by atoms with Gasteiger partial charge < -0.3 is 79.3 Å². The second-order valence-electron chi connectivity index (χ2n) is 11.9. The first-order valence-electron chi connectivity index (χ1n) is 15.8. The van der Waals surface area contributed by atoms with E-state index in [2.05, 4.69) is 21.3 Å². The largest absolute Gasteiger partial charge is 0.388 e. The minimum absolute atomic E-state index is 0.201. The summed E-state index contributed by atoms with van der Waals surface area (Å²) in [6.07, 6.45) is -17.3. The number of nitrogens with one attached hydrogen (secondary N) is 4. The molecule has 3 rings (SSSR count). The number of aliphatic hydroxyl groups is 3. The maximum absolute atomic E-state index is 12.0. The fourth-order valence-electron chi connectivity index (χ4n) is 6.07. The van der Waals surface area contributed by atoms with Crippen LogP contribution in [0.2, 0.25) is 0 Å². The number of aldehydes is 2. The summed E-state index contributed by atoms with van der Waals surface area (Å²) in [6, 6.07) is -4.31. The quantitative estimate of drug-likeness (QED) is 0.0456. The summed E-state index contributed by atoms with van der Waals surface area (Å²) in [6.45, 7) is 5.97. The van der Waals surface area contributed by atoms with Crippen LogP contribution in [-0.4, -0.2) is 171 Å². The summed E-state index contributed by atoms with van der Waals surface area (Å²) in [7, 11) is 1.29. The molecule has 0 aromatic carbocycles. The number of methoxy groups -OCH3 is 1. The molecule has 3 saturated heterocycles. The van der Waals surface area contributed by atoms with Crippen LogP contribution in [0.3, 0.4) is 0 Å². The highest BCUT2D eigenvalue weighted by Gasteiger charge is 2.54. The molecule has 9 unspecified atom stereocenters. The third-order valence-corrected chi connectivity index (χ3v) is 8.74. The standard InChI is InChI=1S/C29H46N4O17/c1-12(16(6-34)30-8-36)44-17(7-35)48-26-22(41)19(32-10-38)14(3)47-29(26)49-24-20(33-11-39)15(4)45-27(23(24)42)50-25-21(40)18(31-9-37)13(2)46-28(25)43-5/h6-29,40-42H,1-5H3,(H,30,36)(H,31,37)(H,32,38)(H,33,39)/t12?,13?,14?,15?,16-,17+,18+,19+,20+,21?,22?,23?,24-,25?,26?,27+,28-,29+/m0/s1. The van der Waals surface area contributed by atoms with Crippen molar-refractivity contribution in [3.05, 3.63) is 0 Å². The highest BCUT2D eigenvalue weighted by molar-refractivity contribution is 5.64. The van der Waals surface area contributed by atoms with Crippen molar-refractivity contribution in [1.29, 1.82) is 0 Å². The van der Waals surface area contributed by atoms with E-state index in [4.69, 9.17) is 37.9 Å². The van der Waals surface area contributed by atoms with E-state index >= 15 is 0 Å². The van der Waals surface area contributed by atoms with Crippen LogP contribution in [0.4, 0.5) is 0 Å². The Hall–Kier alpha value is -3.22. The summed E-state index contributed by atoms with van der Waals surface area (Å²) in [5.41, 5.74) is 0. The molecule has 0 saturated carbocycles. The lowest BCUT2D eigenvalue weighted by atomic mass is 9.94.